The lowest BCUT2D eigenvalue weighted by atomic mass is 10.2. The van der Waals surface area contributed by atoms with E-state index in [0.29, 0.717) is 24.0 Å². The predicted octanol–water partition coefficient (Wildman–Crippen LogP) is 3.77. The summed E-state index contributed by atoms with van der Waals surface area (Å²) >= 11 is 11.3. The summed E-state index contributed by atoms with van der Waals surface area (Å²) in [6.07, 6.45) is 2.68. The highest BCUT2D eigenvalue weighted by molar-refractivity contribution is 7.91. The third-order valence-corrected chi connectivity index (χ3v) is 6.80. The zero-order valence-electron chi connectivity index (χ0n) is 14.6. The molecule has 1 aliphatic heterocycles. The lowest BCUT2D eigenvalue weighted by molar-refractivity contribution is 0.151. The molecule has 0 unspecified atom stereocenters. The first-order valence-corrected chi connectivity index (χ1v) is 11.3. The Balaban J connectivity index is 1.81. The Labute approximate surface area is 163 Å². The number of hydrogen-bond donors (Lipinski definition) is 0. The molecule has 0 aliphatic carbocycles. The van der Waals surface area contributed by atoms with Crippen molar-refractivity contribution in [3.8, 4) is 11.5 Å². The van der Waals surface area contributed by atoms with Gasteiger partial charge in [0.15, 0.2) is 9.84 Å². The number of hydrogen-bond acceptors (Lipinski definition) is 6. The number of unbranched alkanes of at least 4 members (excludes halogenated alkanes) is 1. The number of nitrogens with zero attached hydrogens (tertiary/aromatic N) is 3. The topological polar surface area (TPSA) is 68.3 Å². The van der Waals surface area contributed by atoms with Gasteiger partial charge in [-0.1, -0.05) is 31.0 Å². The van der Waals surface area contributed by atoms with Crippen LogP contribution in [0, 0.1) is 4.84 Å². The minimum absolute atomic E-state index is 0.000213. The molecular formula is C17H22ClN3O3S2. The van der Waals surface area contributed by atoms with Crippen molar-refractivity contribution in [3.63, 3.8) is 0 Å². The Morgan fingerprint density at radius 2 is 2.27 bits per heavy atom. The minimum Gasteiger partial charge on any atom is -0.409 e. The molecule has 3 rings (SSSR count). The highest BCUT2D eigenvalue weighted by Gasteiger charge is 2.32. The summed E-state index contributed by atoms with van der Waals surface area (Å²) in [6.45, 7) is 3.34. The maximum atomic E-state index is 11.9. The molecule has 0 N–H and O–H groups in total. The molecule has 1 fully saturated rings. The van der Waals surface area contributed by atoms with Crippen LogP contribution in [0.2, 0.25) is 5.02 Å². The maximum Gasteiger partial charge on any atom is 0.288 e. The lowest BCUT2D eigenvalue weighted by Crippen LogP contribution is -2.38. The average molecular weight is 416 g/mol. The van der Waals surface area contributed by atoms with Crippen LogP contribution in [0.4, 0.5) is 0 Å². The van der Waals surface area contributed by atoms with E-state index in [4.69, 9.17) is 28.2 Å². The number of aromatic nitrogens is 2. The van der Waals surface area contributed by atoms with E-state index in [1.54, 1.807) is 16.8 Å². The van der Waals surface area contributed by atoms with Crippen molar-refractivity contribution in [1.29, 1.82) is 0 Å². The molecule has 1 aromatic heterocycles. The predicted molar refractivity (Wildman–Crippen MR) is 104 cm³/mol. The van der Waals surface area contributed by atoms with Crippen molar-refractivity contribution in [2.75, 3.05) is 18.1 Å². The second-order valence-electron chi connectivity index (χ2n) is 6.55. The van der Waals surface area contributed by atoms with E-state index in [1.165, 1.54) is 0 Å². The molecule has 0 saturated carbocycles. The summed E-state index contributed by atoms with van der Waals surface area (Å²) in [5.41, 5.74) is 0.755. The molecule has 142 valence electrons. The van der Waals surface area contributed by atoms with Crippen molar-refractivity contribution in [2.24, 2.45) is 0 Å². The molecule has 1 aromatic carbocycles. The number of benzene rings is 1. The Kier molecular flexibility index (Phi) is 6.17. The summed E-state index contributed by atoms with van der Waals surface area (Å²) < 4.78 is 31.0. The summed E-state index contributed by atoms with van der Waals surface area (Å²) in [4.78, 5) is 2.41. The molecule has 0 amide bonds. The van der Waals surface area contributed by atoms with Crippen LogP contribution in [0.3, 0.4) is 0 Å². The largest absolute Gasteiger partial charge is 0.409 e. The van der Waals surface area contributed by atoms with Gasteiger partial charge < -0.3 is 4.42 Å². The van der Waals surface area contributed by atoms with Gasteiger partial charge in [-0.2, -0.15) is 0 Å². The van der Waals surface area contributed by atoms with E-state index in [1.807, 2.05) is 12.1 Å². The van der Waals surface area contributed by atoms with Gasteiger partial charge in [0, 0.05) is 23.2 Å². The van der Waals surface area contributed by atoms with Gasteiger partial charge in [0.1, 0.15) is 0 Å². The van der Waals surface area contributed by atoms with Gasteiger partial charge in [0.25, 0.3) is 4.84 Å². The van der Waals surface area contributed by atoms with Crippen LogP contribution in [0.5, 0.6) is 0 Å². The quantitative estimate of drug-likeness (QED) is 0.641. The first-order valence-electron chi connectivity index (χ1n) is 8.66. The van der Waals surface area contributed by atoms with Crippen molar-refractivity contribution >= 4 is 33.7 Å². The number of halogens is 1. The first-order chi connectivity index (χ1) is 12.4. The van der Waals surface area contributed by atoms with E-state index >= 15 is 0 Å². The van der Waals surface area contributed by atoms with E-state index in [2.05, 4.69) is 16.9 Å². The zero-order chi connectivity index (χ0) is 18.7. The van der Waals surface area contributed by atoms with Crippen LogP contribution in [0.1, 0.15) is 26.2 Å². The van der Waals surface area contributed by atoms with E-state index in [-0.39, 0.29) is 22.4 Å². The third kappa shape index (κ3) is 4.73. The number of sulfone groups is 1. The fourth-order valence-corrected chi connectivity index (χ4v) is 5.23. The molecule has 2 aromatic rings. The molecular weight excluding hydrogens is 394 g/mol. The van der Waals surface area contributed by atoms with E-state index in [9.17, 15) is 8.42 Å². The summed E-state index contributed by atoms with van der Waals surface area (Å²) in [7, 11) is -2.95. The minimum atomic E-state index is -2.95. The van der Waals surface area contributed by atoms with Gasteiger partial charge in [-0.15, -0.1) is 5.10 Å². The molecule has 0 radical (unpaired) electrons. The van der Waals surface area contributed by atoms with Gasteiger partial charge in [0.05, 0.1) is 18.2 Å². The monoisotopic (exact) mass is 415 g/mol. The molecule has 1 saturated heterocycles. The van der Waals surface area contributed by atoms with Crippen LogP contribution in [-0.2, 0) is 16.5 Å². The first kappa shape index (κ1) is 19.5. The highest BCUT2D eigenvalue weighted by atomic mass is 35.5. The molecule has 0 spiro atoms. The molecule has 0 bridgehead atoms. The maximum absolute atomic E-state index is 11.9. The Hall–Kier alpha value is -1.22. The normalized spacial score (nSPS) is 19.3. The van der Waals surface area contributed by atoms with Crippen molar-refractivity contribution < 1.29 is 12.8 Å². The lowest BCUT2D eigenvalue weighted by Gasteiger charge is -2.27. The molecule has 2 heterocycles. The van der Waals surface area contributed by atoms with Crippen LogP contribution in [0.25, 0.3) is 11.5 Å². The Morgan fingerprint density at radius 3 is 2.92 bits per heavy atom. The van der Waals surface area contributed by atoms with Gasteiger partial charge in [-0.25, -0.2) is 13.1 Å². The Morgan fingerprint density at radius 1 is 1.46 bits per heavy atom. The van der Waals surface area contributed by atoms with Gasteiger partial charge >= 0.3 is 0 Å². The molecule has 6 nitrogen and oxygen atoms in total. The molecule has 1 aliphatic rings. The summed E-state index contributed by atoms with van der Waals surface area (Å²) in [5.74, 6) is 0.855. The molecule has 1 atom stereocenters. The number of rotatable bonds is 7. The molecule has 26 heavy (non-hydrogen) atoms. The van der Waals surface area contributed by atoms with Crippen molar-refractivity contribution in [3.05, 3.63) is 34.1 Å². The third-order valence-electron chi connectivity index (χ3n) is 4.52. The van der Waals surface area contributed by atoms with E-state index < -0.39 is 9.84 Å². The average Bonchev–Trinajstić information content (AvgIpc) is 3.14. The smallest absolute Gasteiger partial charge is 0.288 e. The van der Waals surface area contributed by atoms with Crippen LogP contribution in [-0.4, -0.2) is 47.2 Å². The second-order valence-corrected chi connectivity index (χ2v) is 9.56. The summed E-state index contributed by atoms with van der Waals surface area (Å²) in [5, 5.41) is 5.07. The van der Waals surface area contributed by atoms with Gasteiger partial charge in [-0.05, 0) is 43.3 Å². The van der Waals surface area contributed by atoms with Crippen LogP contribution >= 0.6 is 23.8 Å². The molecule has 9 heteroatoms. The summed E-state index contributed by atoms with van der Waals surface area (Å²) in [6, 6.07) is 7.23. The van der Waals surface area contributed by atoms with E-state index in [0.717, 1.165) is 24.9 Å². The van der Waals surface area contributed by atoms with Gasteiger partial charge in [0.2, 0.25) is 5.89 Å². The second kappa shape index (κ2) is 8.21. The Bertz CT molecular complexity index is 923. The zero-order valence-corrected chi connectivity index (χ0v) is 17.0. The fourth-order valence-electron chi connectivity index (χ4n) is 3.10. The van der Waals surface area contributed by atoms with Crippen LogP contribution in [0.15, 0.2) is 28.7 Å². The SMILES string of the molecule is CCCCN(Cn1nc(-c2cccc(Cl)c2)oc1=S)[C@@H]1CCS(=O)(=O)C1. The van der Waals surface area contributed by atoms with Gasteiger partial charge in [-0.3, -0.25) is 4.90 Å². The van der Waals surface area contributed by atoms with Crippen molar-refractivity contribution in [2.45, 2.75) is 38.9 Å². The van der Waals surface area contributed by atoms with Crippen LogP contribution < -0.4 is 0 Å². The standard InChI is InChI=1S/C17H22ClN3O3S2/c1-2-3-8-20(15-7-9-26(22,23)11-15)12-21-17(25)24-16(19-21)13-5-4-6-14(18)10-13/h4-6,10,15H,2-3,7-9,11-12H2,1H3/t15-/m1/s1. The van der Waals surface area contributed by atoms with Crippen molar-refractivity contribution in [1.82, 2.24) is 14.7 Å². The highest BCUT2D eigenvalue weighted by Crippen LogP contribution is 2.23. The fraction of sp³-hybridized carbons (Fsp3) is 0.529.